The molecule has 0 radical (unpaired) electrons. The highest BCUT2D eigenvalue weighted by Crippen LogP contribution is 2.30. The Kier molecular flexibility index (Phi) is 6.09. The second-order valence-corrected chi connectivity index (χ2v) is 6.96. The molecule has 0 aliphatic carbocycles. The van der Waals surface area contributed by atoms with Gasteiger partial charge in [0.1, 0.15) is 6.10 Å². The summed E-state index contributed by atoms with van der Waals surface area (Å²) in [5.41, 5.74) is -0.459. The molecule has 0 bridgehead atoms. The van der Waals surface area contributed by atoms with Crippen LogP contribution in [0.25, 0.3) is 0 Å². The third-order valence-electron chi connectivity index (χ3n) is 4.50. The van der Waals surface area contributed by atoms with E-state index < -0.39 is 11.7 Å². The molecule has 1 aromatic carbocycles. The van der Waals surface area contributed by atoms with Crippen LogP contribution in [0.1, 0.15) is 18.4 Å². The van der Waals surface area contributed by atoms with E-state index in [-0.39, 0.29) is 12.1 Å². The van der Waals surface area contributed by atoms with Gasteiger partial charge in [0, 0.05) is 32.4 Å². The first-order chi connectivity index (χ1) is 13.7. The van der Waals surface area contributed by atoms with E-state index in [1.165, 1.54) is 12.1 Å². The number of benzene rings is 1. The summed E-state index contributed by atoms with van der Waals surface area (Å²) in [4.78, 5) is 15.9. The van der Waals surface area contributed by atoms with Gasteiger partial charge in [0.05, 0.1) is 12.1 Å². The molecule has 29 heavy (non-hydrogen) atoms. The summed E-state index contributed by atoms with van der Waals surface area (Å²) in [6.45, 7) is 0.890. The Balaban J connectivity index is 1.56. The molecule has 2 amide bonds. The predicted molar refractivity (Wildman–Crippen MR) is 102 cm³/mol. The Bertz CT molecular complexity index is 825. The molecule has 156 valence electrons. The van der Waals surface area contributed by atoms with Crippen LogP contribution in [0.3, 0.4) is 0 Å². The number of ether oxygens (including phenoxy) is 1. The van der Waals surface area contributed by atoms with E-state index in [1.54, 1.807) is 17.0 Å². The molecule has 0 spiro atoms. The first-order valence-corrected chi connectivity index (χ1v) is 9.13. The third-order valence-corrected chi connectivity index (χ3v) is 4.50. The SMILES string of the molecule is CN(C)c1ccc(OC2CCCN(C(=O)Nc3ccc(C(F)(F)F)cc3)C2)nn1. The largest absolute Gasteiger partial charge is 0.471 e. The molecule has 1 unspecified atom stereocenters. The van der Waals surface area contributed by atoms with Gasteiger partial charge < -0.3 is 19.9 Å². The summed E-state index contributed by atoms with van der Waals surface area (Å²) in [6, 6.07) is 7.49. The second kappa shape index (κ2) is 8.54. The quantitative estimate of drug-likeness (QED) is 0.835. The fraction of sp³-hybridized carbons (Fsp3) is 0.421. The summed E-state index contributed by atoms with van der Waals surface area (Å²) in [5, 5.41) is 10.7. The number of halogens is 3. The Hall–Kier alpha value is -3.04. The van der Waals surface area contributed by atoms with Crippen molar-refractivity contribution >= 4 is 17.5 Å². The molecule has 2 heterocycles. The lowest BCUT2D eigenvalue weighted by atomic mass is 10.1. The third kappa shape index (κ3) is 5.49. The van der Waals surface area contributed by atoms with Crippen molar-refractivity contribution in [2.45, 2.75) is 25.1 Å². The topological polar surface area (TPSA) is 70.6 Å². The lowest BCUT2D eigenvalue weighted by Crippen LogP contribution is -2.46. The number of hydrogen-bond acceptors (Lipinski definition) is 5. The van der Waals surface area contributed by atoms with Crippen LogP contribution in [0.4, 0.5) is 29.5 Å². The standard InChI is InChI=1S/C19H22F3N5O2/c1-26(2)16-9-10-17(25-24-16)29-15-4-3-11-27(12-15)18(28)23-14-7-5-13(6-8-14)19(20,21)22/h5-10,15H,3-4,11-12H2,1-2H3,(H,23,28). The molecule has 1 aliphatic heterocycles. The van der Waals surface area contributed by atoms with Gasteiger partial charge in [0.15, 0.2) is 5.82 Å². The van der Waals surface area contributed by atoms with Crippen molar-refractivity contribution in [3.63, 3.8) is 0 Å². The summed E-state index contributed by atoms with van der Waals surface area (Å²) in [5.74, 6) is 1.09. The Labute approximate surface area is 166 Å². The average molecular weight is 409 g/mol. The Morgan fingerprint density at radius 3 is 2.48 bits per heavy atom. The van der Waals surface area contributed by atoms with Crippen molar-refractivity contribution in [3.05, 3.63) is 42.0 Å². The van der Waals surface area contributed by atoms with Crippen LogP contribution in [0.2, 0.25) is 0 Å². The van der Waals surface area contributed by atoms with E-state index >= 15 is 0 Å². The van der Waals surface area contributed by atoms with Gasteiger partial charge in [-0.2, -0.15) is 13.2 Å². The van der Waals surface area contributed by atoms with Gasteiger partial charge >= 0.3 is 12.2 Å². The zero-order valence-corrected chi connectivity index (χ0v) is 16.1. The van der Waals surface area contributed by atoms with Crippen molar-refractivity contribution in [3.8, 4) is 5.88 Å². The Morgan fingerprint density at radius 2 is 1.90 bits per heavy atom. The highest BCUT2D eigenvalue weighted by molar-refractivity contribution is 5.89. The monoisotopic (exact) mass is 409 g/mol. The maximum absolute atomic E-state index is 12.6. The van der Waals surface area contributed by atoms with Crippen LogP contribution in [0, 0.1) is 0 Å². The molecule has 0 saturated carbocycles. The summed E-state index contributed by atoms with van der Waals surface area (Å²) < 4.78 is 43.7. The maximum Gasteiger partial charge on any atom is 0.416 e. The first-order valence-electron chi connectivity index (χ1n) is 9.13. The van der Waals surface area contributed by atoms with E-state index in [2.05, 4.69) is 15.5 Å². The molecule has 1 N–H and O–H groups in total. The summed E-state index contributed by atoms with van der Waals surface area (Å²) in [7, 11) is 3.72. The number of anilines is 2. The van der Waals surface area contributed by atoms with Crippen LogP contribution in [0.5, 0.6) is 5.88 Å². The number of aromatic nitrogens is 2. The minimum Gasteiger partial charge on any atom is -0.471 e. The minimum atomic E-state index is -4.41. The first kappa shape index (κ1) is 20.7. The van der Waals surface area contributed by atoms with Gasteiger partial charge in [0.2, 0.25) is 5.88 Å². The van der Waals surface area contributed by atoms with Crippen molar-refractivity contribution in [1.82, 2.24) is 15.1 Å². The highest BCUT2D eigenvalue weighted by Gasteiger charge is 2.30. The fourth-order valence-electron chi connectivity index (χ4n) is 2.95. The predicted octanol–water partition coefficient (Wildman–Crippen LogP) is 3.64. The molecule has 1 aliphatic rings. The molecule has 3 rings (SSSR count). The molecular formula is C19H22F3N5O2. The molecular weight excluding hydrogens is 387 g/mol. The Morgan fingerprint density at radius 1 is 1.17 bits per heavy atom. The van der Waals surface area contributed by atoms with E-state index in [4.69, 9.17) is 4.74 Å². The number of rotatable bonds is 4. The number of nitrogens with one attached hydrogen (secondary N) is 1. The van der Waals surface area contributed by atoms with Crippen LogP contribution in [-0.4, -0.2) is 54.4 Å². The molecule has 1 saturated heterocycles. The van der Waals surface area contributed by atoms with E-state index in [1.807, 2.05) is 19.0 Å². The number of carbonyl (C=O) groups excluding carboxylic acids is 1. The van der Waals surface area contributed by atoms with Crippen LogP contribution >= 0.6 is 0 Å². The summed E-state index contributed by atoms with van der Waals surface area (Å²) in [6.07, 6.45) is -3.13. The number of nitrogens with zero attached hydrogens (tertiary/aromatic N) is 4. The van der Waals surface area contributed by atoms with Crippen LogP contribution in [-0.2, 0) is 6.18 Å². The number of alkyl halides is 3. The maximum atomic E-state index is 12.6. The van der Waals surface area contributed by atoms with Crippen LogP contribution < -0.4 is 15.0 Å². The number of carbonyl (C=O) groups is 1. The van der Waals surface area contributed by atoms with E-state index in [0.717, 1.165) is 25.0 Å². The van der Waals surface area contributed by atoms with Crippen LogP contribution in [0.15, 0.2) is 36.4 Å². The number of likely N-dealkylation sites (tertiary alicyclic amines) is 1. The molecule has 1 atom stereocenters. The van der Waals surface area contributed by atoms with Gasteiger partial charge in [-0.25, -0.2) is 4.79 Å². The zero-order chi connectivity index (χ0) is 21.0. The van der Waals surface area contributed by atoms with Gasteiger partial charge in [-0.05, 0) is 43.2 Å². The molecule has 10 heteroatoms. The molecule has 1 aromatic heterocycles. The molecule has 1 fully saturated rings. The number of piperidine rings is 1. The van der Waals surface area contributed by atoms with Crippen molar-refractivity contribution in [2.24, 2.45) is 0 Å². The smallest absolute Gasteiger partial charge is 0.416 e. The van der Waals surface area contributed by atoms with Crippen molar-refractivity contribution in [1.29, 1.82) is 0 Å². The normalized spacial score (nSPS) is 17.0. The number of amides is 2. The highest BCUT2D eigenvalue weighted by atomic mass is 19.4. The van der Waals surface area contributed by atoms with Gasteiger partial charge in [0.25, 0.3) is 0 Å². The summed E-state index contributed by atoms with van der Waals surface area (Å²) >= 11 is 0. The van der Waals surface area contributed by atoms with Crippen molar-refractivity contribution in [2.75, 3.05) is 37.4 Å². The number of urea groups is 1. The average Bonchev–Trinajstić information content (AvgIpc) is 2.68. The second-order valence-electron chi connectivity index (χ2n) is 6.96. The van der Waals surface area contributed by atoms with Gasteiger partial charge in [-0.15, -0.1) is 10.2 Å². The molecule has 2 aromatic rings. The fourth-order valence-corrected chi connectivity index (χ4v) is 2.95. The molecule has 7 nitrogen and oxygen atoms in total. The van der Waals surface area contributed by atoms with E-state index in [9.17, 15) is 18.0 Å². The lowest BCUT2D eigenvalue weighted by molar-refractivity contribution is -0.137. The minimum absolute atomic E-state index is 0.235. The lowest BCUT2D eigenvalue weighted by Gasteiger charge is -2.32. The van der Waals surface area contributed by atoms with Crippen molar-refractivity contribution < 1.29 is 22.7 Å². The van der Waals surface area contributed by atoms with E-state index in [0.29, 0.717) is 30.5 Å². The van der Waals surface area contributed by atoms with Gasteiger partial charge in [-0.3, -0.25) is 0 Å². The zero-order valence-electron chi connectivity index (χ0n) is 16.1. The number of hydrogen-bond donors (Lipinski definition) is 1. The van der Waals surface area contributed by atoms with Gasteiger partial charge in [-0.1, -0.05) is 0 Å².